The van der Waals surface area contributed by atoms with Gasteiger partial charge in [-0.1, -0.05) is 152 Å². The van der Waals surface area contributed by atoms with Crippen molar-refractivity contribution in [2.24, 2.45) is 0 Å². The molecule has 0 unspecified atom stereocenters. The van der Waals surface area contributed by atoms with E-state index < -0.39 is 0 Å². The van der Waals surface area contributed by atoms with Crippen LogP contribution in [0.2, 0.25) is 0 Å². The molecule has 0 bridgehead atoms. The minimum atomic E-state index is 0.641. The summed E-state index contributed by atoms with van der Waals surface area (Å²) in [4.78, 5) is 10.8. The molecule has 1 aliphatic heterocycles. The minimum Gasteiger partial charge on any atom is -0.308 e. The van der Waals surface area contributed by atoms with Gasteiger partial charge in [0.15, 0.2) is 0 Å². The summed E-state index contributed by atoms with van der Waals surface area (Å²) < 4.78 is 4.79. The first-order valence-electron chi connectivity index (χ1n) is 18.4. The zero-order chi connectivity index (χ0) is 35.3. The Bertz CT molecular complexity index is 3260. The molecule has 4 nitrogen and oxygen atoms in total. The molecule has 54 heavy (non-hydrogen) atoms. The molecule has 4 heterocycles. The molecule has 0 aliphatic carbocycles. The van der Waals surface area contributed by atoms with Gasteiger partial charge in [-0.05, 0) is 52.2 Å². The molecular formula is C50H30N4. The molecule has 0 amide bonds. The Morgan fingerprint density at radius 2 is 0.963 bits per heavy atom. The molecule has 0 saturated carbocycles. The van der Waals surface area contributed by atoms with Gasteiger partial charge >= 0.3 is 0 Å². The highest BCUT2D eigenvalue weighted by molar-refractivity contribution is 6.23. The zero-order valence-electron chi connectivity index (χ0n) is 29.1. The monoisotopic (exact) mass is 686 g/mol. The van der Waals surface area contributed by atoms with Crippen LogP contribution in [-0.4, -0.2) is 19.1 Å². The topological polar surface area (TPSA) is 35.6 Å². The van der Waals surface area contributed by atoms with Crippen molar-refractivity contribution in [1.29, 1.82) is 0 Å². The Hall–Kier alpha value is -7.30. The molecule has 11 aromatic rings. The molecule has 4 heteroatoms. The van der Waals surface area contributed by atoms with Crippen LogP contribution in [0.15, 0.2) is 182 Å². The summed E-state index contributed by atoms with van der Waals surface area (Å²) in [6, 6.07) is 65.4. The van der Waals surface area contributed by atoms with Crippen molar-refractivity contribution in [2.75, 3.05) is 0 Å². The third-order valence-electron chi connectivity index (χ3n) is 11.3. The van der Waals surface area contributed by atoms with Gasteiger partial charge in [0.2, 0.25) is 5.95 Å². The summed E-state index contributed by atoms with van der Waals surface area (Å²) >= 11 is 0. The van der Waals surface area contributed by atoms with Gasteiger partial charge in [-0.3, -0.25) is 4.57 Å². The predicted molar refractivity (Wildman–Crippen MR) is 224 cm³/mol. The standard InChI is InChI=1S/C50H30N4/c1-3-15-32(16-4-1)42-29-43(33-17-5-2-6-18-33)52-50(51-42)54-45-27-26-31-14-7-8-19-34(31)48(45)41-28-40-36-21-10-9-20-35(36)38-23-13-24-39-37-22-11-12-25-44(37)53(49(38)39)46(40)30-47(41)54/h1-30H. The lowest BCUT2D eigenvalue weighted by Crippen LogP contribution is -2.04. The van der Waals surface area contributed by atoms with E-state index >= 15 is 0 Å². The van der Waals surface area contributed by atoms with Crippen LogP contribution < -0.4 is 0 Å². The minimum absolute atomic E-state index is 0.641. The van der Waals surface area contributed by atoms with E-state index in [1.165, 1.54) is 65.6 Å². The number of nitrogens with zero attached hydrogens (tertiary/aromatic N) is 4. The van der Waals surface area contributed by atoms with Gasteiger partial charge in [0.05, 0.1) is 39.1 Å². The van der Waals surface area contributed by atoms with Crippen molar-refractivity contribution in [1.82, 2.24) is 19.1 Å². The Labute approximate surface area is 310 Å². The number of para-hydroxylation sites is 2. The maximum atomic E-state index is 5.38. The van der Waals surface area contributed by atoms with E-state index in [2.05, 4.69) is 179 Å². The van der Waals surface area contributed by atoms with Crippen molar-refractivity contribution >= 4 is 54.4 Å². The number of benzene rings is 8. The van der Waals surface area contributed by atoms with Crippen LogP contribution in [0, 0.1) is 0 Å². The van der Waals surface area contributed by atoms with Crippen LogP contribution in [0.5, 0.6) is 0 Å². The first-order valence-corrected chi connectivity index (χ1v) is 18.4. The second kappa shape index (κ2) is 11.1. The Balaban J connectivity index is 1.28. The highest BCUT2D eigenvalue weighted by atomic mass is 15.2. The van der Waals surface area contributed by atoms with Gasteiger partial charge in [0.25, 0.3) is 0 Å². The van der Waals surface area contributed by atoms with Crippen LogP contribution in [-0.2, 0) is 0 Å². The van der Waals surface area contributed by atoms with Gasteiger partial charge in [-0.2, -0.15) is 0 Å². The van der Waals surface area contributed by atoms with E-state index in [4.69, 9.17) is 9.97 Å². The average Bonchev–Trinajstić information content (AvgIpc) is 3.72. The third kappa shape index (κ3) is 4.08. The van der Waals surface area contributed by atoms with Gasteiger partial charge in [-0.15, -0.1) is 0 Å². The molecule has 0 spiro atoms. The van der Waals surface area contributed by atoms with E-state index in [1.807, 2.05) is 12.1 Å². The third-order valence-corrected chi connectivity index (χ3v) is 11.3. The summed E-state index contributed by atoms with van der Waals surface area (Å²) in [6.45, 7) is 0. The van der Waals surface area contributed by atoms with Gasteiger partial charge < -0.3 is 4.57 Å². The highest BCUT2D eigenvalue weighted by Gasteiger charge is 2.27. The number of fused-ring (bicyclic) bond motifs is 13. The fourth-order valence-corrected chi connectivity index (χ4v) is 8.92. The van der Waals surface area contributed by atoms with Crippen LogP contribution in [0.3, 0.4) is 0 Å². The molecule has 0 saturated heterocycles. The molecular weight excluding hydrogens is 657 g/mol. The maximum Gasteiger partial charge on any atom is 0.235 e. The van der Waals surface area contributed by atoms with E-state index in [1.54, 1.807) is 0 Å². The van der Waals surface area contributed by atoms with Crippen molar-refractivity contribution in [3.8, 4) is 56.4 Å². The Morgan fingerprint density at radius 3 is 1.72 bits per heavy atom. The van der Waals surface area contributed by atoms with E-state index in [9.17, 15) is 0 Å². The number of hydrogen-bond donors (Lipinski definition) is 0. The van der Waals surface area contributed by atoms with Gasteiger partial charge in [0, 0.05) is 43.8 Å². The first-order chi connectivity index (χ1) is 26.8. The molecule has 12 rings (SSSR count). The molecule has 250 valence electrons. The smallest absolute Gasteiger partial charge is 0.235 e. The normalized spacial score (nSPS) is 12.1. The van der Waals surface area contributed by atoms with Crippen molar-refractivity contribution in [3.63, 3.8) is 0 Å². The van der Waals surface area contributed by atoms with E-state index in [0.29, 0.717) is 5.95 Å². The summed E-state index contributed by atoms with van der Waals surface area (Å²) in [6.07, 6.45) is 0. The van der Waals surface area contributed by atoms with Gasteiger partial charge in [-0.25, -0.2) is 9.97 Å². The number of aromatic nitrogens is 4. The SMILES string of the molecule is c1ccc(-c2cc(-c3ccccc3)nc(-n3c4cc5c(cc4c4c6ccccc6ccc43)-c3ccccc3-c3cccc4c6ccccc6n-5c34)n2)cc1. The highest BCUT2D eigenvalue weighted by Crippen LogP contribution is 2.49. The zero-order valence-corrected chi connectivity index (χ0v) is 29.1. The second-order valence-corrected chi connectivity index (χ2v) is 14.2. The molecule has 3 aromatic heterocycles. The molecule has 0 atom stereocenters. The lowest BCUT2D eigenvalue weighted by Gasteiger charge is -2.15. The Morgan fingerprint density at radius 1 is 0.352 bits per heavy atom. The predicted octanol–water partition coefficient (Wildman–Crippen LogP) is 12.8. The largest absolute Gasteiger partial charge is 0.308 e. The fraction of sp³-hybridized carbons (Fsp3) is 0. The van der Waals surface area contributed by atoms with E-state index in [0.717, 1.165) is 39.2 Å². The lowest BCUT2D eigenvalue weighted by molar-refractivity contribution is 0.995. The Kier molecular flexibility index (Phi) is 6.02. The van der Waals surface area contributed by atoms with Crippen LogP contribution in [0.25, 0.3) is 111 Å². The van der Waals surface area contributed by atoms with E-state index in [-0.39, 0.29) is 0 Å². The number of rotatable bonds is 3. The lowest BCUT2D eigenvalue weighted by atomic mass is 9.92. The molecule has 0 N–H and O–H groups in total. The van der Waals surface area contributed by atoms with Crippen LogP contribution in [0.1, 0.15) is 0 Å². The summed E-state index contributed by atoms with van der Waals surface area (Å²) in [5, 5.41) is 7.28. The maximum absolute atomic E-state index is 5.38. The molecule has 0 fully saturated rings. The van der Waals surface area contributed by atoms with Crippen molar-refractivity contribution in [3.05, 3.63) is 182 Å². The summed E-state index contributed by atoms with van der Waals surface area (Å²) in [7, 11) is 0. The number of hydrogen-bond acceptors (Lipinski definition) is 2. The van der Waals surface area contributed by atoms with Crippen molar-refractivity contribution in [2.45, 2.75) is 0 Å². The van der Waals surface area contributed by atoms with Gasteiger partial charge in [0.1, 0.15) is 0 Å². The molecule has 0 radical (unpaired) electrons. The molecule has 1 aliphatic rings. The quantitative estimate of drug-likeness (QED) is 0.185. The first kappa shape index (κ1) is 29.3. The second-order valence-electron chi connectivity index (χ2n) is 14.2. The molecule has 8 aromatic carbocycles. The summed E-state index contributed by atoms with van der Waals surface area (Å²) in [5.41, 5.74) is 14.5. The van der Waals surface area contributed by atoms with Crippen molar-refractivity contribution < 1.29 is 0 Å². The summed E-state index contributed by atoms with van der Waals surface area (Å²) in [5.74, 6) is 0.641. The average molecular weight is 687 g/mol. The van der Waals surface area contributed by atoms with Crippen LogP contribution >= 0.6 is 0 Å². The fourth-order valence-electron chi connectivity index (χ4n) is 8.92. The van der Waals surface area contributed by atoms with Crippen LogP contribution in [0.4, 0.5) is 0 Å².